The van der Waals surface area contributed by atoms with Gasteiger partial charge in [0, 0.05) is 38.0 Å². The van der Waals surface area contributed by atoms with Gasteiger partial charge in [-0.3, -0.25) is 9.79 Å². The van der Waals surface area contributed by atoms with Crippen molar-refractivity contribution in [3.63, 3.8) is 0 Å². The van der Waals surface area contributed by atoms with E-state index in [1.54, 1.807) is 7.05 Å². The lowest BCUT2D eigenvalue weighted by Gasteiger charge is -2.30. The van der Waals surface area contributed by atoms with Crippen LogP contribution >= 0.6 is 24.0 Å². The van der Waals surface area contributed by atoms with Crippen molar-refractivity contribution in [2.24, 2.45) is 10.9 Å². The standard InChI is InChI=1S/C20H32N4O.HI/c1-16(2)18(25)22-13-14-23-19(21-3)24-15-20(11-7-8-12-20)17-9-5-4-6-10-17;/h4-6,9-10,16H,7-8,11-15H2,1-3H3,(H,22,25)(H2,21,23,24);1H. The number of nitrogens with one attached hydrogen (secondary N) is 3. The molecule has 26 heavy (non-hydrogen) atoms. The fourth-order valence-corrected chi connectivity index (χ4v) is 3.46. The Hall–Kier alpha value is -1.31. The second-order valence-corrected chi connectivity index (χ2v) is 7.15. The largest absolute Gasteiger partial charge is 0.356 e. The van der Waals surface area contributed by atoms with E-state index >= 15 is 0 Å². The van der Waals surface area contributed by atoms with E-state index in [-0.39, 0.29) is 41.2 Å². The highest BCUT2D eigenvalue weighted by Gasteiger charge is 2.35. The van der Waals surface area contributed by atoms with Crippen LogP contribution in [0.25, 0.3) is 0 Å². The van der Waals surface area contributed by atoms with Gasteiger partial charge < -0.3 is 16.0 Å². The van der Waals surface area contributed by atoms with Crippen LogP contribution in [0.2, 0.25) is 0 Å². The summed E-state index contributed by atoms with van der Waals surface area (Å²) in [4.78, 5) is 15.9. The molecule has 1 aromatic carbocycles. The van der Waals surface area contributed by atoms with Gasteiger partial charge in [-0.05, 0) is 18.4 Å². The molecular formula is C20H33IN4O. The molecule has 1 aliphatic rings. The van der Waals surface area contributed by atoms with Crippen LogP contribution in [-0.2, 0) is 10.2 Å². The molecule has 3 N–H and O–H groups in total. The summed E-state index contributed by atoms with van der Waals surface area (Å²) < 4.78 is 0. The summed E-state index contributed by atoms with van der Waals surface area (Å²) in [6.07, 6.45) is 4.99. The number of carbonyl (C=O) groups is 1. The van der Waals surface area contributed by atoms with Crippen molar-refractivity contribution in [2.75, 3.05) is 26.7 Å². The molecule has 1 saturated carbocycles. The Kier molecular flexibility index (Phi) is 9.98. The first-order chi connectivity index (χ1) is 12.1. The highest BCUT2D eigenvalue weighted by Crippen LogP contribution is 2.40. The Balaban J connectivity index is 0.00000338. The minimum absolute atomic E-state index is 0. The number of halogens is 1. The maximum absolute atomic E-state index is 11.6. The molecule has 0 saturated heterocycles. The van der Waals surface area contributed by atoms with E-state index in [0.717, 1.165) is 12.5 Å². The molecule has 1 aliphatic carbocycles. The quantitative estimate of drug-likeness (QED) is 0.248. The van der Waals surface area contributed by atoms with Crippen molar-refractivity contribution in [1.82, 2.24) is 16.0 Å². The molecule has 0 heterocycles. The van der Waals surface area contributed by atoms with Crippen molar-refractivity contribution in [1.29, 1.82) is 0 Å². The van der Waals surface area contributed by atoms with Crippen LogP contribution in [0.5, 0.6) is 0 Å². The first kappa shape index (κ1) is 22.7. The Morgan fingerprint density at radius 1 is 1.08 bits per heavy atom. The molecule has 0 radical (unpaired) electrons. The van der Waals surface area contributed by atoms with E-state index in [9.17, 15) is 4.79 Å². The predicted molar refractivity (Wildman–Crippen MR) is 119 cm³/mol. The number of nitrogens with zero attached hydrogens (tertiary/aromatic N) is 1. The molecule has 1 fully saturated rings. The van der Waals surface area contributed by atoms with E-state index in [0.29, 0.717) is 13.1 Å². The molecular weight excluding hydrogens is 439 g/mol. The zero-order valence-corrected chi connectivity index (χ0v) is 18.5. The van der Waals surface area contributed by atoms with Crippen LogP contribution in [0.3, 0.4) is 0 Å². The van der Waals surface area contributed by atoms with Gasteiger partial charge in [0.2, 0.25) is 5.91 Å². The topological polar surface area (TPSA) is 65.5 Å². The van der Waals surface area contributed by atoms with E-state index < -0.39 is 0 Å². The zero-order chi connectivity index (χ0) is 18.1. The predicted octanol–water partition coefficient (Wildman–Crippen LogP) is 3.05. The summed E-state index contributed by atoms with van der Waals surface area (Å²) in [5.41, 5.74) is 1.62. The first-order valence-corrected chi connectivity index (χ1v) is 9.35. The minimum atomic E-state index is 0. The van der Waals surface area contributed by atoms with Crippen LogP contribution in [0.15, 0.2) is 35.3 Å². The van der Waals surface area contributed by atoms with Crippen molar-refractivity contribution in [2.45, 2.75) is 44.9 Å². The summed E-state index contributed by atoms with van der Waals surface area (Å²) in [7, 11) is 1.78. The maximum atomic E-state index is 11.6. The SMILES string of the molecule is CN=C(NCCNC(=O)C(C)C)NCC1(c2ccccc2)CCCC1.I. The van der Waals surface area contributed by atoms with Gasteiger partial charge in [-0.15, -0.1) is 24.0 Å². The molecule has 146 valence electrons. The third-order valence-corrected chi connectivity index (χ3v) is 5.01. The lowest BCUT2D eigenvalue weighted by Crippen LogP contribution is -2.46. The minimum Gasteiger partial charge on any atom is -0.356 e. The average molecular weight is 472 g/mol. The van der Waals surface area contributed by atoms with Gasteiger partial charge in [-0.2, -0.15) is 0 Å². The molecule has 0 unspecified atom stereocenters. The van der Waals surface area contributed by atoms with Gasteiger partial charge in [-0.1, -0.05) is 57.0 Å². The lowest BCUT2D eigenvalue weighted by atomic mass is 9.79. The number of aliphatic imine (C=N–C) groups is 1. The normalized spacial score (nSPS) is 16.1. The van der Waals surface area contributed by atoms with E-state index in [1.165, 1.54) is 31.2 Å². The highest BCUT2D eigenvalue weighted by atomic mass is 127. The molecule has 2 rings (SSSR count). The maximum Gasteiger partial charge on any atom is 0.222 e. The molecule has 6 heteroatoms. The number of rotatable bonds is 7. The van der Waals surface area contributed by atoms with Gasteiger partial charge in [0.1, 0.15) is 0 Å². The number of hydrogen-bond acceptors (Lipinski definition) is 2. The van der Waals surface area contributed by atoms with Gasteiger partial charge in [0.15, 0.2) is 5.96 Å². The number of guanidine groups is 1. The molecule has 0 aromatic heterocycles. The first-order valence-electron chi connectivity index (χ1n) is 9.35. The highest BCUT2D eigenvalue weighted by molar-refractivity contribution is 14.0. The third kappa shape index (κ3) is 6.45. The van der Waals surface area contributed by atoms with Crippen LogP contribution in [0, 0.1) is 5.92 Å². The zero-order valence-electron chi connectivity index (χ0n) is 16.2. The van der Waals surface area contributed by atoms with Crippen LogP contribution in [0.4, 0.5) is 0 Å². The Labute approximate surface area is 174 Å². The smallest absolute Gasteiger partial charge is 0.222 e. The number of hydrogen-bond donors (Lipinski definition) is 3. The molecule has 0 aliphatic heterocycles. The van der Waals surface area contributed by atoms with Crippen LogP contribution in [-0.4, -0.2) is 38.5 Å². The third-order valence-electron chi connectivity index (χ3n) is 5.01. The summed E-state index contributed by atoms with van der Waals surface area (Å²) in [5, 5.41) is 9.68. The van der Waals surface area contributed by atoms with E-state index in [2.05, 4.69) is 51.3 Å². The number of carbonyl (C=O) groups excluding carboxylic acids is 1. The summed E-state index contributed by atoms with van der Waals surface area (Å²) >= 11 is 0. The second-order valence-electron chi connectivity index (χ2n) is 7.15. The molecule has 0 atom stereocenters. The number of benzene rings is 1. The molecule has 5 nitrogen and oxygen atoms in total. The van der Waals surface area contributed by atoms with Crippen LogP contribution in [0.1, 0.15) is 45.1 Å². The molecule has 0 spiro atoms. The number of amides is 1. The summed E-state index contributed by atoms with van der Waals surface area (Å²) in [6, 6.07) is 10.8. The fourth-order valence-electron chi connectivity index (χ4n) is 3.46. The average Bonchev–Trinajstić information content (AvgIpc) is 3.11. The monoisotopic (exact) mass is 472 g/mol. The Morgan fingerprint density at radius 2 is 1.69 bits per heavy atom. The van der Waals surface area contributed by atoms with Gasteiger partial charge in [0.25, 0.3) is 0 Å². The Morgan fingerprint density at radius 3 is 2.27 bits per heavy atom. The van der Waals surface area contributed by atoms with E-state index in [4.69, 9.17) is 0 Å². The van der Waals surface area contributed by atoms with Crippen LogP contribution < -0.4 is 16.0 Å². The van der Waals surface area contributed by atoms with Crippen molar-refractivity contribution < 1.29 is 4.79 Å². The summed E-state index contributed by atoms with van der Waals surface area (Å²) in [6.45, 7) is 5.94. The second kappa shape index (κ2) is 11.4. The van der Waals surface area contributed by atoms with Crippen molar-refractivity contribution >= 4 is 35.8 Å². The fraction of sp³-hybridized carbons (Fsp3) is 0.600. The van der Waals surface area contributed by atoms with Gasteiger partial charge in [-0.25, -0.2) is 0 Å². The Bertz CT molecular complexity index is 568. The van der Waals surface area contributed by atoms with E-state index in [1.807, 2.05) is 13.8 Å². The molecule has 1 amide bonds. The van der Waals surface area contributed by atoms with Gasteiger partial charge >= 0.3 is 0 Å². The van der Waals surface area contributed by atoms with Crippen molar-refractivity contribution in [3.8, 4) is 0 Å². The van der Waals surface area contributed by atoms with Crippen molar-refractivity contribution in [3.05, 3.63) is 35.9 Å². The van der Waals surface area contributed by atoms with Gasteiger partial charge in [0.05, 0.1) is 0 Å². The summed E-state index contributed by atoms with van der Waals surface area (Å²) in [5.74, 6) is 0.894. The molecule has 0 bridgehead atoms. The lowest BCUT2D eigenvalue weighted by molar-refractivity contribution is -0.123. The molecule has 1 aromatic rings.